The number of halogens is 1. The molecule has 1 aromatic carbocycles. The Bertz CT molecular complexity index is 1030. The van der Waals surface area contributed by atoms with Gasteiger partial charge in [0.15, 0.2) is 0 Å². The summed E-state index contributed by atoms with van der Waals surface area (Å²) in [6, 6.07) is 9.73. The topological polar surface area (TPSA) is 58.7 Å². The fourth-order valence-electron chi connectivity index (χ4n) is 2.88. The third-order valence-corrected chi connectivity index (χ3v) is 5.63. The first kappa shape index (κ1) is 17.7. The SMILES string of the molecule is Cc1sc2nc(Cc3cccc(Cl)c3)n(CCCC#N)c(=O)c2c1C. The highest BCUT2D eigenvalue weighted by atomic mass is 35.5. The fourth-order valence-corrected chi connectivity index (χ4v) is 4.13. The van der Waals surface area contributed by atoms with E-state index < -0.39 is 0 Å². The molecule has 6 heteroatoms. The van der Waals surface area contributed by atoms with Gasteiger partial charge in [0.05, 0.1) is 11.5 Å². The van der Waals surface area contributed by atoms with Gasteiger partial charge >= 0.3 is 0 Å². The smallest absolute Gasteiger partial charge is 0.262 e. The van der Waals surface area contributed by atoms with E-state index in [0.717, 1.165) is 26.7 Å². The molecule has 0 amide bonds. The van der Waals surface area contributed by atoms with Crippen molar-refractivity contribution in [3.63, 3.8) is 0 Å². The van der Waals surface area contributed by atoms with Crippen molar-refractivity contribution in [3.05, 3.63) is 61.5 Å². The van der Waals surface area contributed by atoms with E-state index in [9.17, 15) is 4.79 Å². The van der Waals surface area contributed by atoms with Gasteiger partial charge in [-0.2, -0.15) is 5.26 Å². The fraction of sp³-hybridized carbons (Fsp3) is 0.316. The first-order valence-corrected chi connectivity index (χ1v) is 9.31. The maximum absolute atomic E-state index is 13.1. The van der Waals surface area contributed by atoms with Gasteiger partial charge in [0.2, 0.25) is 0 Å². The van der Waals surface area contributed by atoms with Crippen molar-refractivity contribution in [1.29, 1.82) is 5.26 Å². The molecule has 4 nitrogen and oxygen atoms in total. The van der Waals surface area contributed by atoms with Crippen LogP contribution in [-0.2, 0) is 13.0 Å². The van der Waals surface area contributed by atoms with Crippen LogP contribution in [0.5, 0.6) is 0 Å². The molecule has 0 fully saturated rings. The van der Waals surface area contributed by atoms with Crippen molar-refractivity contribution in [2.75, 3.05) is 0 Å². The Hall–Kier alpha value is -2.16. The predicted octanol–water partition coefficient (Wildman–Crippen LogP) is 4.62. The van der Waals surface area contributed by atoms with Crippen molar-refractivity contribution in [1.82, 2.24) is 9.55 Å². The molecule has 0 aliphatic rings. The van der Waals surface area contributed by atoms with Crippen LogP contribution in [0.2, 0.25) is 5.02 Å². The standard InChI is InChI=1S/C19H18ClN3OS/c1-12-13(2)25-18-17(12)19(24)23(9-4-3-8-21)16(22-18)11-14-6-5-7-15(20)10-14/h5-7,10H,3-4,9,11H2,1-2H3. The summed E-state index contributed by atoms with van der Waals surface area (Å²) < 4.78 is 1.72. The summed E-state index contributed by atoms with van der Waals surface area (Å²) in [5, 5.41) is 10.2. The Morgan fingerprint density at radius 3 is 2.88 bits per heavy atom. The van der Waals surface area contributed by atoms with Crippen molar-refractivity contribution in [2.24, 2.45) is 0 Å². The van der Waals surface area contributed by atoms with Gasteiger partial charge in [0, 0.05) is 29.3 Å². The zero-order chi connectivity index (χ0) is 18.0. The lowest BCUT2D eigenvalue weighted by Crippen LogP contribution is -2.25. The number of unbranched alkanes of at least 4 members (excludes halogenated alkanes) is 1. The number of hydrogen-bond acceptors (Lipinski definition) is 4. The number of nitriles is 1. The summed E-state index contributed by atoms with van der Waals surface area (Å²) in [5.41, 5.74) is 2.00. The number of nitrogens with zero attached hydrogens (tertiary/aromatic N) is 3. The monoisotopic (exact) mass is 371 g/mol. The average molecular weight is 372 g/mol. The molecule has 0 atom stereocenters. The number of aryl methyl sites for hydroxylation is 2. The molecule has 0 radical (unpaired) electrons. The Morgan fingerprint density at radius 1 is 1.36 bits per heavy atom. The molecule has 0 unspecified atom stereocenters. The second-order valence-corrected chi connectivity index (χ2v) is 7.66. The average Bonchev–Trinajstić information content (AvgIpc) is 2.85. The zero-order valence-electron chi connectivity index (χ0n) is 14.2. The van der Waals surface area contributed by atoms with Crippen LogP contribution in [0.15, 0.2) is 29.1 Å². The lowest BCUT2D eigenvalue weighted by atomic mass is 10.1. The van der Waals surface area contributed by atoms with Gasteiger partial charge in [0.25, 0.3) is 5.56 Å². The molecular weight excluding hydrogens is 354 g/mol. The van der Waals surface area contributed by atoms with Crippen molar-refractivity contribution < 1.29 is 0 Å². The lowest BCUT2D eigenvalue weighted by molar-refractivity contribution is 0.597. The normalized spacial score (nSPS) is 11.0. The molecule has 0 spiro atoms. The van der Waals surface area contributed by atoms with Crippen LogP contribution in [0.3, 0.4) is 0 Å². The van der Waals surface area contributed by atoms with Gasteiger partial charge in [-0.05, 0) is 43.5 Å². The Balaban J connectivity index is 2.12. The van der Waals surface area contributed by atoms with Crippen LogP contribution < -0.4 is 5.56 Å². The number of aromatic nitrogens is 2. The van der Waals surface area contributed by atoms with E-state index in [0.29, 0.717) is 36.2 Å². The lowest BCUT2D eigenvalue weighted by Gasteiger charge is -2.12. The van der Waals surface area contributed by atoms with Gasteiger partial charge in [0.1, 0.15) is 10.7 Å². The number of fused-ring (bicyclic) bond motifs is 1. The summed E-state index contributed by atoms with van der Waals surface area (Å²) >= 11 is 7.64. The van der Waals surface area contributed by atoms with E-state index in [1.54, 1.807) is 15.9 Å². The van der Waals surface area contributed by atoms with E-state index in [1.807, 2.05) is 38.1 Å². The van der Waals surface area contributed by atoms with Crippen molar-refractivity contribution >= 4 is 33.2 Å². The van der Waals surface area contributed by atoms with E-state index in [-0.39, 0.29) is 5.56 Å². The summed E-state index contributed by atoms with van der Waals surface area (Å²) in [7, 11) is 0. The summed E-state index contributed by atoms with van der Waals surface area (Å²) in [6.07, 6.45) is 1.59. The Kier molecular flexibility index (Phi) is 5.22. The maximum atomic E-state index is 13.1. The number of benzene rings is 1. The molecule has 0 saturated carbocycles. The minimum atomic E-state index is -0.0122. The van der Waals surface area contributed by atoms with E-state index >= 15 is 0 Å². The highest BCUT2D eigenvalue weighted by Gasteiger charge is 2.16. The highest BCUT2D eigenvalue weighted by Crippen LogP contribution is 2.27. The molecule has 3 aromatic rings. The molecule has 0 aliphatic heterocycles. The van der Waals surface area contributed by atoms with Crippen LogP contribution in [-0.4, -0.2) is 9.55 Å². The van der Waals surface area contributed by atoms with Gasteiger partial charge in [-0.3, -0.25) is 9.36 Å². The van der Waals surface area contributed by atoms with Crippen LogP contribution in [0, 0.1) is 25.2 Å². The number of thiophene rings is 1. The predicted molar refractivity (Wildman–Crippen MR) is 102 cm³/mol. The molecule has 0 bridgehead atoms. The highest BCUT2D eigenvalue weighted by molar-refractivity contribution is 7.18. The molecule has 0 N–H and O–H groups in total. The molecule has 2 aromatic heterocycles. The van der Waals surface area contributed by atoms with Crippen molar-refractivity contribution in [2.45, 2.75) is 39.7 Å². The second-order valence-electron chi connectivity index (χ2n) is 6.02. The minimum absolute atomic E-state index is 0.0122. The summed E-state index contributed by atoms with van der Waals surface area (Å²) in [5.74, 6) is 0.721. The molecule has 2 heterocycles. The van der Waals surface area contributed by atoms with Gasteiger partial charge in [-0.15, -0.1) is 11.3 Å². The van der Waals surface area contributed by atoms with Gasteiger partial charge in [-0.1, -0.05) is 23.7 Å². The molecular formula is C19H18ClN3OS. The molecule has 0 saturated heterocycles. The molecule has 3 rings (SSSR count). The molecule has 128 valence electrons. The first-order valence-electron chi connectivity index (χ1n) is 8.12. The van der Waals surface area contributed by atoms with Gasteiger partial charge < -0.3 is 0 Å². The van der Waals surface area contributed by atoms with Crippen LogP contribution >= 0.6 is 22.9 Å². The van der Waals surface area contributed by atoms with Gasteiger partial charge in [-0.25, -0.2) is 4.98 Å². The van der Waals surface area contributed by atoms with Crippen molar-refractivity contribution in [3.8, 4) is 6.07 Å². The zero-order valence-corrected chi connectivity index (χ0v) is 15.7. The van der Waals surface area contributed by atoms with E-state index in [2.05, 4.69) is 6.07 Å². The summed E-state index contributed by atoms with van der Waals surface area (Å²) in [6.45, 7) is 4.48. The third-order valence-electron chi connectivity index (χ3n) is 4.29. The molecule has 25 heavy (non-hydrogen) atoms. The number of hydrogen-bond donors (Lipinski definition) is 0. The maximum Gasteiger partial charge on any atom is 0.262 e. The third kappa shape index (κ3) is 3.60. The first-order chi connectivity index (χ1) is 12.0. The van der Waals surface area contributed by atoms with E-state index in [4.69, 9.17) is 21.8 Å². The quantitative estimate of drug-likeness (QED) is 0.614. The van der Waals surface area contributed by atoms with Crippen LogP contribution in [0.4, 0.5) is 0 Å². The Morgan fingerprint density at radius 2 is 2.16 bits per heavy atom. The van der Waals surface area contributed by atoms with Crippen LogP contribution in [0.1, 0.15) is 34.7 Å². The number of rotatable bonds is 5. The second kappa shape index (κ2) is 7.38. The summed E-state index contributed by atoms with van der Waals surface area (Å²) in [4.78, 5) is 19.7. The van der Waals surface area contributed by atoms with E-state index in [1.165, 1.54) is 0 Å². The Labute approximate surface area is 155 Å². The van der Waals surface area contributed by atoms with Crippen LogP contribution in [0.25, 0.3) is 10.2 Å². The largest absolute Gasteiger partial charge is 0.296 e. The minimum Gasteiger partial charge on any atom is -0.296 e. The molecule has 0 aliphatic carbocycles.